The Labute approximate surface area is 117 Å². The van der Waals surface area contributed by atoms with E-state index in [1.54, 1.807) is 12.1 Å². The van der Waals surface area contributed by atoms with Crippen LogP contribution in [0.5, 0.6) is 0 Å². The monoisotopic (exact) mass is 272 g/mol. The molecule has 0 saturated heterocycles. The van der Waals surface area contributed by atoms with Crippen LogP contribution in [0.1, 0.15) is 28.1 Å². The molecule has 1 N–H and O–H groups in total. The molecule has 2 rings (SSSR count). The van der Waals surface area contributed by atoms with Gasteiger partial charge in [-0.1, -0.05) is 6.07 Å². The normalized spacial score (nSPS) is 10.6. The number of nitrogens with one attached hydrogen (secondary N) is 1. The van der Waals surface area contributed by atoms with Crippen molar-refractivity contribution in [3.63, 3.8) is 0 Å². The van der Waals surface area contributed by atoms with E-state index in [9.17, 15) is 4.39 Å². The van der Waals surface area contributed by atoms with Gasteiger partial charge in [-0.3, -0.25) is 4.68 Å². The summed E-state index contributed by atoms with van der Waals surface area (Å²) in [5, 5.41) is 16.5. The van der Waals surface area contributed by atoms with Crippen molar-refractivity contribution in [3.8, 4) is 6.07 Å². The molecule has 0 unspecified atom stereocenters. The first kappa shape index (κ1) is 14.2. The van der Waals surface area contributed by atoms with Crippen molar-refractivity contribution in [2.24, 2.45) is 7.05 Å². The summed E-state index contributed by atoms with van der Waals surface area (Å²) in [4.78, 5) is 0. The number of nitriles is 1. The average Bonchev–Trinajstić information content (AvgIpc) is 2.67. The van der Waals surface area contributed by atoms with Gasteiger partial charge >= 0.3 is 0 Å². The van der Waals surface area contributed by atoms with Gasteiger partial charge in [-0.15, -0.1) is 0 Å². The van der Waals surface area contributed by atoms with Gasteiger partial charge < -0.3 is 5.32 Å². The molecule has 1 heterocycles. The molecule has 0 atom stereocenters. The summed E-state index contributed by atoms with van der Waals surface area (Å²) in [6.07, 6.45) is 0. The lowest BCUT2D eigenvalue weighted by Crippen LogP contribution is -2.14. The predicted molar refractivity (Wildman–Crippen MR) is 74.3 cm³/mol. The van der Waals surface area contributed by atoms with E-state index in [1.165, 1.54) is 11.6 Å². The lowest BCUT2D eigenvalue weighted by atomic mass is 10.1. The maximum Gasteiger partial charge on any atom is 0.140 e. The summed E-state index contributed by atoms with van der Waals surface area (Å²) in [7, 11) is 1.92. The van der Waals surface area contributed by atoms with Gasteiger partial charge in [0.1, 0.15) is 11.9 Å². The van der Waals surface area contributed by atoms with Crippen LogP contribution in [0.15, 0.2) is 18.2 Å². The lowest BCUT2D eigenvalue weighted by molar-refractivity contribution is 0.620. The quantitative estimate of drug-likeness (QED) is 0.929. The highest BCUT2D eigenvalue weighted by Crippen LogP contribution is 2.13. The molecule has 0 spiro atoms. The predicted octanol–water partition coefficient (Wildman–Crippen LogP) is 2.34. The third-order valence-electron chi connectivity index (χ3n) is 3.44. The fourth-order valence-corrected chi connectivity index (χ4v) is 2.17. The second-order valence-corrected chi connectivity index (χ2v) is 4.80. The van der Waals surface area contributed by atoms with Gasteiger partial charge in [0, 0.05) is 31.4 Å². The minimum atomic E-state index is -0.477. The molecule has 1 aromatic heterocycles. The summed E-state index contributed by atoms with van der Waals surface area (Å²) < 4.78 is 15.1. The number of benzene rings is 1. The van der Waals surface area contributed by atoms with Crippen molar-refractivity contribution in [3.05, 3.63) is 52.1 Å². The Balaban J connectivity index is 2.01. The molecule has 0 bridgehead atoms. The van der Waals surface area contributed by atoms with Crippen LogP contribution in [0.4, 0.5) is 4.39 Å². The molecule has 5 heteroatoms. The molecule has 0 fully saturated rings. The molecule has 0 aliphatic carbocycles. The number of nitrogens with zero attached hydrogens (tertiary/aromatic N) is 3. The molecule has 1 aromatic carbocycles. The van der Waals surface area contributed by atoms with Crippen molar-refractivity contribution >= 4 is 0 Å². The van der Waals surface area contributed by atoms with E-state index in [-0.39, 0.29) is 5.56 Å². The molecule has 4 nitrogen and oxygen atoms in total. The summed E-state index contributed by atoms with van der Waals surface area (Å²) in [6, 6.07) is 6.44. The maximum atomic E-state index is 13.2. The summed E-state index contributed by atoms with van der Waals surface area (Å²) in [6.45, 7) is 5.30. The minimum Gasteiger partial charge on any atom is -0.308 e. The highest BCUT2D eigenvalue weighted by atomic mass is 19.1. The first-order valence-electron chi connectivity index (χ1n) is 6.41. The van der Waals surface area contributed by atoms with Crippen molar-refractivity contribution in [2.75, 3.05) is 0 Å². The Morgan fingerprint density at radius 2 is 2.10 bits per heavy atom. The van der Waals surface area contributed by atoms with Gasteiger partial charge in [-0.2, -0.15) is 10.4 Å². The third-order valence-corrected chi connectivity index (χ3v) is 3.44. The first-order valence-corrected chi connectivity index (χ1v) is 6.41. The van der Waals surface area contributed by atoms with E-state index in [1.807, 2.05) is 31.6 Å². The number of rotatable bonds is 4. The Hall–Kier alpha value is -2.19. The average molecular weight is 272 g/mol. The SMILES string of the molecule is Cc1nn(C)c(C)c1CNCc1ccc(F)c(C#N)c1. The highest BCUT2D eigenvalue weighted by molar-refractivity contribution is 5.34. The van der Waals surface area contributed by atoms with Gasteiger partial charge in [-0.05, 0) is 31.5 Å². The number of hydrogen-bond acceptors (Lipinski definition) is 3. The first-order chi connectivity index (χ1) is 9.52. The number of aromatic nitrogens is 2. The van der Waals surface area contributed by atoms with E-state index in [0.29, 0.717) is 13.1 Å². The zero-order valence-electron chi connectivity index (χ0n) is 11.9. The second kappa shape index (κ2) is 5.85. The zero-order chi connectivity index (χ0) is 14.7. The largest absolute Gasteiger partial charge is 0.308 e. The van der Waals surface area contributed by atoms with Gasteiger partial charge in [0.15, 0.2) is 0 Å². The second-order valence-electron chi connectivity index (χ2n) is 4.80. The van der Waals surface area contributed by atoms with Crippen LogP contribution >= 0.6 is 0 Å². The Bertz CT molecular complexity index is 667. The molecule has 0 amide bonds. The van der Waals surface area contributed by atoms with E-state index in [4.69, 9.17) is 5.26 Å². The van der Waals surface area contributed by atoms with Crippen LogP contribution in [0.3, 0.4) is 0 Å². The molecule has 0 saturated carbocycles. The van der Waals surface area contributed by atoms with E-state index >= 15 is 0 Å². The Morgan fingerprint density at radius 3 is 2.70 bits per heavy atom. The van der Waals surface area contributed by atoms with Gasteiger partial charge in [0.2, 0.25) is 0 Å². The van der Waals surface area contributed by atoms with E-state index in [2.05, 4.69) is 10.4 Å². The maximum absolute atomic E-state index is 13.2. The number of aryl methyl sites for hydroxylation is 2. The lowest BCUT2D eigenvalue weighted by Gasteiger charge is -2.06. The van der Waals surface area contributed by atoms with Gasteiger partial charge in [0.05, 0.1) is 11.3 Å². The van der Waals surface area contributed by atoms with E-state index < -0.39 is 5.82 Å². The molecule has 0 radical (unpaired) electrons. The molecule has 20 heavy (non-hydrogen) atoms. The number of halogens is 1. The molecular formula is C15H17FN4. The topological polar surface area (TPSA) is 53.6 Å². The molecule has 0 aliphatic heterocycles. The smallest absolute Gasteiger partial charge is 0.140 e. The van der Waals surface area contributed by atoms with E-state index in [0.717, 1.165) is 17.0 Å². The van der Waals surface area contributed by atoms with Crippen molar-refractivity contribution < 1.29 is 4.39 Å². The zero-order valence-corrected chi connectivity index (χ0v) is 11.9. The molecule has 104 valence electrons. The third kappa shape index (κ3) is 2.86. The summed E-state index contributed by atoms with van der Waals surface area (Å²) in [5.41, 5.74) is 4.29. The van der Waals surface area contributed by atoms with Crippen molar-refractivity contribution in [1.29, 1.82) is 5.26 Å². The van der Waals surface area contributed by atoms with Crippen molar-refractivity contribution in [1.82, 2.24) is 15.1 Å². The fraction of sp³-hybridized carbons (Fsp3) is 0.333. The highest BCUT2D eigenvalue weighted by Gasteiger charge is 2.09. The van der Waals surface area contributed by atoms with Crippen LogP contribution in [0, 0.1) is 31.0 Å². The standard InChI is InChI=1S/C15H17FN4/c1-10-14(11(2)20(3)19-10)9-18-8-12-4-5-15(16)13(6-12)7-17/h4-6,18H,8-9H2,1-3H3. The van der Waals surface area contributed by atoms with Crippen LogP contribution < -0.4 is 5.32 Å². The van der Waals surface area contributed by atoms with Crippen LogP contribution in [0.25, 0.3) is 0 Å². The minimum absolute atomic E-state index is 0.0815. The summed E-state index contributed by atoms with van der Waals surface area (Å²) in [5.74, 6) is -0.477. The summed E-state index contributed by atoms with van der Waals surface area (Å²) >= 11 is 0. The molecular weight excluding hydrogens is 255 g/mol. The van der Waals surface area contributed by atoms with Crippen LogP contribution in [-0.2, 0) is 20.1 Å². The molecule has 0 aliphatic rings. The fourth-order valence-electron chi connectivity index (χ4n) is 2.17. The van der Waals surface area contributed by atoms with Crippen LogP contribution in [-0.4, -0.2) is 9.78 Å². The van der Waals surface area contributed by atoms with Gasteiger partial charge in [-0.25, -0.2) is 4.39 Å². The van der Waals surface area contributed by atoms with Gasteiger partial charge in [0.25, 0.3) is 0 Å². The Kier molecular flexibility index (Phi) is 4.16. The number of hydrogen-bond donors (Lipinski definition) is 1. The van der Waals surface area contributed by atoms with Crippen molar-refractivity contribution in [2.45, 2.75) is 26.9 Å². The Morgan fingerprint density at radius 1 is 1.35 bits per heavy atom. The van der Waals surface area contributed by atoms with Crippen LogP contribution in [0.2, 0.25) is 0 Å². The molecule has 2 aromatic rings.